The molecule has 0 saturated heterocycles. The van der Waals surface area contributed by atoms with E-state index in [4.69, 9.17) is 0 Å². The summed E-state index contributed by atoms with van der Waals surface area (Å²) in [4.78, 5) is 33.9. The first-order valence-corrected chi connectivity index (χ1v) is 8.69. The van der Waals surface area contributed by atoms with Crippen molar-refractivity contribution in [3.8, 4) is 0 Å². The van der Waals surface area contributed by atoms with Gasteiger partial charge >= 0.3 is 5.69 Å². The lowest BCUT2D eigenvalue weighted by Crippen LogP contribution is -2.39. The van der Waals surface area contributed by atoms with E-state index in [-0.39, 0.29) is 11.2 Å². The van der Waals surface area contributed by atoms with Gasteiger partial charge in [-0.1, -0.05) is 0 Å². The lowest BCUT2D eigenvalue weighted by molar-refractivity contribution is 0.633. The highest BCUT2D eigenvalue weighted by Crippen LogP contribution is 2.32. The summed E-state index contributed by atoms with van der Waals surface area (Å²) in [7, 11) is 5.67. The number of benzene rings is 1. The Balaban J connectivity index is 1.89. The van der Waals surface area contributed by atoms with E-state index in [1.165, 1.54) is 9.13 Å². The van der Waals surface area contributed by atoms with Gasteiger partial charge in [0.25, 0.3) is 5.56 Å². The number of anilines is 3. The molecule has 2 aromatic heterocycles. The fourth-order valence-electron chi connectivity index (χ4n) is 3.53. The minimum absolute atomic E-state index is 0.269. The zero-order valence-electron chi connectivity index (χ0n) is 15.4. The van der Waals surface area contributed by atoms with Crippen LogP contribution in [-0.2, 0) is 20.1 Å². The van der Waals surface area contributed by atoms with E-state index < -0.39 is 0 Å². The fraction of sp³-hybridized carbons (Fsp3) is 0.389. The third-order valence-electron chi connectivity index (χ3n) is 4.99. The molecule has 0 saturated carbocycles. The summed E-state index contributed by atoms with van der Waals surface area (Å²) in [6.07, 6.45) is 0. The van der Waals surface area contributed by atoms with E-state index in [1.807, 2.05) is 35.7 Å². The van der Waals surface area contributed by atoms with Crippen LogP contribution in [0.2, 0.25) is 0 Å². The minimum atomic E-state index is -0.330. The summed E-state index contributed by atoms with van der Waals surface area (Å²) in [6, 6.07) is 8.21. The molecule has 26 heavy (non-hydrogen) atoms. The van der Waals surface area contributed by atoms with Gasteiger partial charge in [0.2, 0.25) is 5.95 Å². The Bertz CT molecular complexity index is 1100. The number of imidazole rings is 1. The largest absolute Gasteiger partial charge is 0.378 e. The van der Waals surface area contributed by atoms with Gasteiger partial charge in [-0.3, -0.25) is 13.9 Å². The zero-order valence-corrected chi connectivity index (χ0v) is 15.4. The van der Waals surface area contributed by atoms with Crippen LogP contribution in [0.5, 0.6) is 0 Å². The van der Waals surface area contributed by atoms with Crippen LogP contribution in [0.15, 0.2) is 33.9 Å². The molecule has 0 aliphatic carbocycles. The fourth-order valence-corrected chi connectivity index (χ4v) is 3.53. The van der Waals surface area contributed by atoms with E-state index in [0.717, 1.165) is 17.9 Å². The summed E-state index contributed by atoms with van der Waals surface area (Å²) in [5.74, 6) is 0.707. The monoisotopic (exact) mass is 354 g/mol. The van der Waals surface area contributed by atoms with Crippen LogP contribution in [0.4, 0.5) is 17.3 Å². The molecule has 1 aliphatic heterocycles. The van der Waals surface area contributed by atoms with Gasteiger partial charge in [-0.25, -0.2) is 4.79 Å². The molecule has 1 aliphatic rings. The Morgan fingerprint density at radius 3 is 2.42 bits per heavy atom. The maximum Gasteiger partial charge on any atom is 0.332 e. The number of rotatable bonds is 3. The number of nitrogens with zero attached hydrogens (tertiary/aromatic N) is 6. The van der Waals surface area contributed by atoms with Gasteiger partial charge in [-0.05, 0) is 31.2 Å². The van der Waals surface area contributed by atoms with Crippen LogP contribution in [0.1, 0.15) is 6.92 Å². The van der Waals surface area contributed by atoms with Crippen molar-refractivity contribution in [3.63, 3.8) is 0 Å². The van der Waals surface area contributed by atoms with E-state index in [1.54, 1.807) is 14.0 Å². The Morgan fingerprint density at radius 1 is 1.12 bits per heavy atom. The molecule has 0 radical (unpaired) electrons. The Kier molecular flexibility index (Phi) is 3.64. The second kappa shape index (κ2) is 5.76. The van der Waals surface area contributed by atoms with Crippen LogP contribution >= 0.6 is 0 Å². The molecule has 8 heteroatoms. The predicted octanol–water partition coefficient (Wildman–Crippen LogP) is 1.13. The lowest BCUT2D eigenvalue weighted by Gasteiger charge is -2.18. The van der Waals surface area contributed by atoms with Crippen molar-refractivity contribution in [2.24, 2.45) is 7.05 Å². The topological polar surface area (TPSA) is 68.3 Å². The van der Waals surface area contributed by atoms with Crippen LogP contribution < -0.4 is 21.0 Å². The second-order valence-corrected chi connectivity index (χ2v) is 6.69. The quantitative estimate of drug-likeness (QED) is 0.705. The third-order valence-corrected chi connectivity index (χ3v) is 4.99. The first kappa shape index (κ1) is 16.4. The van der Waals surface area contributed by atoms with Crippen molar-refractivity contribution >= 4 is 28.5 Å². The van der Waals surface area contributed by atoms with Crippen molar-refractivity contribution in [3.05, 3.63) is 45.1 Å². The molecule has 0 unspecified atom stereocenters. The Labute approximate surface area is 150 Å². The molecule has 0 amide bonds. The van der Waals surface area contributed by atoms with E-state index >= 15 is 0 Å². The molecule has 0 N–H and O–H groups in total. The van der Waals surface area contributed by atoms with Crippen LogP contribution in [0.25, 0.3) is 11.2 Å². The summed E-state index contributed by atoms with van der Waals surface area (Å²) in [6.45, 7) is 3.55. The van der Waals surface area contributed by atoms with E-state index in [0.29, 0.717) is 30.2 Å². The standard InChI is InChI=1S/C18H22N6O2/c1-5-22-16(25)14-15(21(4)18(22)26)19-17-23(10-11-24(14)17)13-8-6-12(7-9-13)20(2)3/h6-9H,5,10-11H2,1-4H3. The maximum absolute atomic E-state index is 12.8. The molecular weight excluding hydrogens is 332 g/mol. The van der Waals surface area contributed by atoms with E-state index in [9.17, 15) is 9.59 Å². The third kappa shape index (κ3) is 2.18. The molecule has 3 heterocycles. The average molecular weight is 354 g/mol. The van der Waals surface area contributed by atoms with Gasteiger partial charge in [-0.15, -0.1) is 0 Å². The van der Waals surface area contributed by atoms with Gasteiger partial charge in [0.1, 0.15) is 0 Å². The summed E-state index contributed by atoms with van der Waals surface area (Å²) >= 11 is 0. The second-order valence-electron chi connectivity index (χ2n) is 6.69. The molecular formula is C18H22N6O2. The van der Waals surface area contributed by atoms with Crippen LogP contribution in [0, 0.1) is 0 Å². The molecule has 4 rings (SSSR count). The van der Waals surface area contributed by atoms with E-state index in [2.05, 4.69) is 22.0 Å². The smallest absolute Gasteiger partial charge is 0.332 e. The molecule has 136 valence electrons. The molecule has 0 atom stereocenters. The molecule has 3 aromatic rings. The van der Waals surface area contributed by atoms with Gasteiger partial charge in [0, 0.05) is 52.2 Å². The van der Waals surface area contributed by atoms with Crippen molar-refractivity contribution < 1.29 is 0 Å². The van der Waals surface area contributed by atoms with Crippen molar-refractivity contribution in [1.82, 2.24) is 18.7 Å². The first-order valence-electron chi connectivity index (χ1n) is 8.69. The van der Waals surface area contributed by atoms with Crippen molar-refractivity contribution in [1.29, 1.82) is 0 Å². The molecule has 0 bridgehead atoms. The molecule has 8 nitrogen and oxygen atoms in total. The number of aromatic nitrogens is 4. The van der Waals surface area contributed by atoms with Crippen molar-refractivity contribution in [2.45, 2.75) is 20.0 Å². The SMILES string of the molecule is CCn1c(=O)c2c(nc3n2CCN3c2ccc(N(C)C)cc2)n(C)c1=O. The number of fused-ring (bicyclic) bond motifs is 3. The van der Waals surface area contributed by atoms with Crippen molar-refractivity contribution in [2.75, 3.05) is 30.4 Å². The maximum atomic E-state index is 12.8. The summed E-state index contributed by atoms with van der Waals surface area (Å²) in [5.41, 5.74) is 2.48. The molecule has 1 aromatic carbocycles. The Hall–Kier alpha value is -3.03. The number of aryl methyl sites for hydroxylation is 1. The lowest BCUT2D eigenvalue weighted by atomic mass is 10.2. The van der Waals surface area contributed by atoms with Gasteiger partial charge in [0.15, 0.2) is 11.2 Å². The number of hydrogen-bond acceptors (Lipinski definition) is 5. The highest BCUT2D eigenvalue weighted by Gasteiger charge is 2.28. The van der Waals surface area contributed by atoms with Crippen LogP contribution in [0.3, 0.4) is 0 Å². The first-order chi connectivity index (χ1) is 12.4. The minimum Gasteiger partial charge on any atom is -0.378 e. The molecule has 0 fully saturated rings. The van der Waals surface area contributed by atoms with Gasteiger partial charge < -0.3 is 14.4 Å². The van der Waals surface area contributed by atoms with Gasteiger partial charge in [-0.2, -0.15) is 4.98 Å². The highest BCUT2D eigenvalue weighted by atomic mass is 16.2. The predicted molar refractivity (Wildman–Crippen MR) is 103 cm³/mol. The average Bonchev–Trinajstić information content (AvgIpc) is 3.19. The number of hydrogen-bond donors (Lipinski definition) is 0. The molecule has 0 spiro atoms. The van der Waals surface area contributed by atoms with Crippen LogP contribution in [-0.4, -0.2) is 39.3 Å². The highest BCUT2D eigenvalue weighted by molar-refractivity contribution is 5.78. The Morgan fingerprint density at radius 2 is 1.81 bits per heavy atom. The summed E-state index contributed by atoms with van der Waals surface area (Å²) < 4.78 is 4.63. The normalized spacial score (nSPS) is 13.5. The summed E-state index contributed by atoms with van der Waals surface area (Å²) in [5, 5.41) is 0. The zero-order chi connectivity index (χ0) is 18.6. The van der Waals surface area contributed by atoms with Gasteiger partial charge in [0.05, 0.1) is 0 Å².